The van der Waals surface area contributed by atoms with Crippen molar-refractivity contribution < 1.29 is 17.9 Å². The fraction of sp³-hybridized carbons (Fsp3) is 0.769. The summed E-state index contributed by atoms with van der Waals surface area (Å²) in [7, 11) is -3.49. The fourth-order valence-electron chi connectivity index (χ4n) is 11.0. The van der Waals surface area contributed by atoms with Gasteiger partial charge in [-0.1, -0.05) is 72.0 Å². The number of nitrogens with zero attached hydrogens (tertiary/aromatic N) is 1. The molecule has 4 aliphatic carbocycles. The molecule has 6 rings (SSSR count). The highest BCUT2D eigenvalue weighted by Gasteiger charge is 2.59. The highest BCUT2D eigenvalue weighted by Crippen LogP contribution is 2.67. The minimum Gasteiger partial charge on any atom is -0.446 e. The number of carbonyl (C=O) groups excluding carboxylic acids is 1. The van der Waals surface area contributed by atoms with Gasteiger partial charge in [-0.05, 0) is 128 Å². The molecule has 0 spiro atoms. The molecule has 6 nitrogen and oxygen atoms in total. The van der Waals surface area contributed by atoms with E-state index in [1.807, 2.05) is 0 Å². The summed E-state index contributed by atoms with van der Waals surface area (Å²) in [5.41, 5.74) is 2.79. The lowest BCUT2D eigenvalue weighted by molar-refractivity contribution is -0.0577. The first-order valence-corrected chi connectivity index (χ1v) is 20.1. The summed E-state index contributed by atoms with van der Waals surface area (Å²) >= 11 is 0. The molecule has 1 aromatic rings. The molecular formula is C39H60N2O4S. The van der Waals surface area contributed by atoms with Crippen LogP contribution >= 0.6 is 0 Å². The van der Waals surface area contributed by atoms with Crippen LogP contribution in [-0.2, 0) is 14.8 Å². The Morgan fingerprint density at radius 2 is 1.70 bits per heavy atom. The van der Waals surface area contributed by atoms with Gasteiger partial charge in [0, 0.05) is 25.2 Å². The molecule has 256 valence electrons. The molecule has 1 heterocycles. The number of amides is 1. The monoisotopic (exact) mass is 652 g/mol. The molecular weight excluding hydrogens is 593 g/mol. The average Bonchev–Trinajstić information content (AvgIpc) is 3.39. The maximum absolute atomic E-state index is 13.0. The van der Waals surface area contributed by atoms with Gasteiger partial charge in [-0.2, -0.15) is 4.31 Å². The molecule has 1 saturated heterocycles. The van der Waals surface area contributed by atoms with Crippen molar-refractivity contribution in [3.63, 3.8) is 0 Å². The third-order valence-corrected chi connectivity index (χ3v) is 15.5. The van der Waals surface area contributed by atoms with Crippen LogP contribution in [0, 0.1) is 46.3 Å². The molecule has 1 aromatic carbocycles. The van der Waals surface area contributed by atoms with E-state index in [0.29, 0.717) is 24.2 Å². The molecule has 1 aliphatic heterocycles. The molecule has 0 bridgehead atoms. The normalized spacial score (nSPS) is 35.4. The van der Waals surface area contributed by atoms with Crippen LogP contribution in [0.4, 0.5) is 10.5 Å². The molecule has 0 aromatic heterocycles. The number of benzene rings is 1. The smallest absolute Gasteiger partial charge is 0.411 e. The molecule has 1 amide bonds. The van der Waals surface area contributed by atoms with E-state index in [1.165, 1.54) is 56.9 Å². The van der Waals surface area contributed by atoms with Crippen LogP contribution in [0.5, 0.6) is 0 Å². The van der Waals surface area contributed by atoms with Crippen molar-refractivity contribution in [2.75, 3.05) is 18.4 Å². The Morgan fingerprint density at radius 1 is 0.957 bits per heavy atom. The second-order valence-corrected chi connectivity index (χ2v) is 18.6. The molecule has 1 N–H and O–H groups in total. The second kappa shape index (κ2) is 13.6. The maximum atomic E-state index is 13.0. The van der Waals surface area contributed by atoms with Crippen molar-refractivity contribution in [1.82, 2.24) is 4.31 Å². The quantitative estimate of drug-likeness (QED) is 0.270. The Morgan fingerprint density at radius 3 is 2.41 bits per heavy atom. The molecule has 7 heteroatoms. The summed E-state index contributed by atoms with van der Waals surface area (Å²) in [5.74, 6) is 4.90. The summed E-state index contributed by atoms with van der Waals surface area (Å²) in [6.45, 7) is 13.6. The largest absolute Gasteiger partial charge is 0.446 e. The van der Waals surface area contributed by atoms with Gasteiger partial charge in [0.25, 0.3) is 0 Å². The van der Waals surface area contributed by atoms with E-state index < -0.39 is 16.1 Å². The zero-order valence-corrected chi connectivity index (χ0v) is 30.0. The van der Waals surface area contributed by atoms with Gasteiger partial charge in [-0.25, -0.2) is 13.2 Å². The van der Waals surface area contributed by atoms with Gasteiger partial charge in [-0.15, -0.1) is 0 Å². The number of hydrogen-bond donors (Lipinski definition) is 1. The number of hydrogen-bond acceptors (Lipinski definition) is 4. The molecule has 0 radical (unpaired) electrons. The second-order valence-electron chi connectivity index (χ2n) is 16.7. The van der Waals surface area contributed by atoms with Crippen LogP contribution in [0.2, 0.25) is 0 Å². The van der Waals surface area contributed by atoms with Crippen LogP contribution < -0.4 is 5.32 Å². The predicted molar refractivity (Wildman–Crippen MR) is 186 cm³/mol. The highest BCUT2D eigenvalue weighted by atomic mass is 32.2. The van der Waals surface area contributed by atoms with Gasteiger partial charge < -0.3 is 4.74 Å². The Bertz CT molecular complexity index is 1370. The lowest BCUT2D eigenvalue weighted by Gasteiger charge is -2.58. The Labute approximate surface area is 279 Å². The molecule has 5 aliphatic rings. The number of carbonyl (C=O) groups is 1. The van der Waals surface area contributed by atoms with E-state index in [9.17, 15) is 13.2 Å². The molecule has 4 fully saturated rings. The third-order valence-electron chi connectivity index (χ3n) is 13.6. The molecule has 8 atom stereocenters. The van der Waals surface area contributed by atoms with E-state index in [4.69, 9.17) is 4.74 Å². The number of sulfonamides is 1. The summed E-state index contributed by atoms with van der Waals surface area (Å²) in [4.78, 5) is 13.2. The number of fused-ring (bicyclic) bond motifs is 5. The standard InChI is InChI=1S/C39H60N2O4S/c1-27(2)10-9-11-28(3)34-18-19-35-33-17-12-29-26-31(20-22-38(29,4)36(33)21-23-39(34,35)5)45-37(42)40-30-13-15-32(16-14-30)46(43,44)41-24-7-6-8-25-41/h12-16,27-28,31,33-36H,6-11,17-26H2,1-5H3,(H,40,42)/t28-,31-,33+,34-,35+,36+,38+,39-/m1/s1. The minimum absolute atomic E-state index is 0.119. The van der Waals surface area contributed by atoms with Gasteiger partial charge in [0.1, 0.15) is 6.10 Å². The van der Waals surface area contributed by atoms with Crippen LogP contribution in [0.15, 0.2) is 40.8 Å². The van der Waals surface area contributed by atoms with Crippen molar-refractivity contribution in [2.24, 2.45) is 46.3 Å². The average molecular weight is 653 g/mol. The number of allylic oxidation sites excluding steroid dienone is 1. The maximum Gasteiger partial charge on any atom is 0.411 e. The van der Waals surface area contributed by atoms with Gasteiger partial charge in [0.05, 0.1) is 4.90 Å². The van der Waals surface area contributed by atoms with Gasteiger partial charge in [-0.3, -0.25) is 5.32 Å². The third kappa shape index (κ3) is 6.58. The topological polar surface area (TPSA) is 75.7 Å². The number of rotatable bonds is 9. The number of anilines is 1. The van der Waals surface area contributed by atoms with E-state index in [0.717, 1.165) is 74.0 Å². The minimum atomic E-state index is -3.49. The number of nitrogens with one attached hydrogen (secondary N) is 1. The van der Waals surface area contributed by atoms with E-state index >= 15 is 0 Å². The van der Waals surface area contributed by atoms with Crippen LogP contribution in [-0.4, -0.2) is 38.0 Å². The first-order valence-electron chi connectivity index (χ1n) is 18.7. The zero-order valence-electron chi connectivity index (χ0n) is 29.2. The summed E-state index contributed by atoms with van der Waals surface area (Å²) < 4.78 is 33.5. The fourth-order valence-corrected chi connectivity index (χ4v) is 12.5. The van der Waals surface area contributed by atoms with E-state index in [2.05, 4.69) is 46.0 Å². The van der Waals surface area contributed by atoms with Crippen molar-refractivity contribution >= 4 is 21.8 Å². The van der Waals surface area contributed by atoms with Gasteiger partial charge in [0.15, 0.2) is 0 Å². The first-order chi connectivity index (χ1) is 21.9. The molecule has 46 heavy (non-hydrogen) atoms. The van der Waals surface area contributed by atoms with Gasteiger partial charge in [0.2, 0.25) is 10.0 Å². The van der Waals surface area contributed by atoms with Crippen LogP contribution in [0.3, 0.4) is 0 Å². The zero-order chi connectivity index (χ0) is 32.7. The summed E-state index contributed by atoms with van der Waals surface area (Å²) in [6, 6.07) is 6.50. The van der Waals surface area contributed by atoms with E-state index in [1.54, 1.807) is 28.6 Å². The Kier molecular flexibility index (Phi) is 10.0. The lowest BCUT2D eigenvalue weighted by atomic mass is 9.47. The van der Waals surface area contributed by atoms with Crippen molar-refractivity contribution in [2.45, 2.75) is 136 Å². The molecule has 3 saturated carbocycles. The van der Waals surface area contributed by atoms with Crippen molar-refractivity contribution in [1.29, 1.82) is 0 Å². The summed E-state index contributed by atoms with van der Waals surface area (Å²) in [6.07, 6.45) is 18.5. The molecule has 0 unspecified atom stereocenters. The van der Waals surface area contributed by atoms with Crippen molar-refractivity contribution in [3.8, 4) is 0 Å². The first kappa shape index (κ1) is 34.0. The van der Waals surface area contributed by atoms with E-state index in [-0.39, 0.29) is 16.4 Å². The SMILES string of the molecule is CC(C)CCC[C@@H](C)[C@H]1CC[C@H]2[C@@H]3CC=C4C[C@H](OC(=O)Nc5ccc(S(=O)(=O)N6CCCCC6)cc5)CC[C@]4(C)[C@H]3CC[C@]12C. The van der Waals surface area contributed by atoms with Crippen LogP contribution in [0.1, 0.15) is 125 Å². The Balaban J connectivity index is 1.04. The van der Waals surface area contributed by atoms with Gasteiger partial charge >= 0.3 is 6.09 Å². The van der Waals surface area contributed by atoms with Crippen LogP contribution in [0.25, 0.3) is 0 Å². The van der Waals surface area contributed by atoms with Crippen molar-refractivity contribution in [3.05, 3.63) is 35.9 Å². The lowest BCUT2D eigenvalue weighted by Crippen LogP contribution is -2.51. The Hall–Kier alpha value is -1.86. The summed E-state index contributed by atoms with van der Waals surface area (Å²) in [5, 5.41) is 2.85. The number of ether oxygens (including phenoxy) is 1. The highest BCUT2D eigenvalue weighted by molar-refractivity contribution is 7.89. The predicted octanol–water partition coefficient (Wildman–Crippen LogP) is 9.82. The number of piperidine rings is 1.